The number of esters is 2. The molecule has 2 aromatic rings. The molecular formula is C38H48O18. The predicted octanol–water partition coefficient (Wildman–Crippen LogP) is -1.20. The van der Waals surface area contributed by atoms with E-state index in [1.165, 1.54) is 30.3 Å². The van der Waals surface area contributed by atoms with E-state index in [0.29, 0.717) is 6.42 Å². The highest BCUT2D eigenvalue weighted by atomic mass is 16.8. The zero-order valence-corrected chi connectivity index (χ0v) is 30.4. The number of carbonyl (C=O) groups excluding carboxylic acids is 2. The van der Waals surface area contributed by atoms with Gasteiger partial charge in [0.05, 0.1) is 38.1 Å². The molecule has 2 aromatic carbocycles. The van der Waals surface area contributed by atoms with Crippen molar-refractivity contribution in [1.82, 2.24) is 0 Å². The molecule has 308 valence electrons. The minimum Gasteiger partial charge on any atom is -0.508 e. The molecule has 2 saturated heterocycles. The first-order valence-electron chi connectivity index (χ1n) is 18.0. The van der Waals surface area contributed by atoms with Crippen molar-refractivity contribution in [3.63, 3.8) is 0 Å². The highest BCUT2D eigenvalue weighted by Crippen LogP contribution is 2.36. The van der Waals surface area contributed by atoms with Gasteiger partial charge in [0.2, 0.25) is 6.29 Å². The molecule has 5 rings (SSSR count). The molecule has 18 nitrogen and oxygen atoms in total. The first-order chi connectivity index (χ1) is 26.8. The van der Waals surface area contributed by atoms with Crippen LogP contribution >= 0.6 is 0 Å². The summed E-state index contributed by atoms with van der Waals surface area (Å²) in [7, 11) is 0. The van der Waals surface area contributed by atoms with Crippen LogP contribution in [-0.2, 0) is 55.6 Å². The number of rotatable bonds is 15. The van der Waals surface area contributed by atoms with Gasteiger partial charge in [-0.15, -0.1) is 0 Å². The Bertz CT molecular complexity index is 1640. The van der Waals surface area contributed by atoms with Gasteiger partial charge in [-0.2, -0.15) is 0 Å². The molecular weight excluding hydrogens is 744 g/mol. The molecule has 2 fully saturated rings. The lowest BCUT2D eigenvalue weighted by atomic mass is 9.86. The number of aliphatic hydroxyl groups is 7. The number of phenols is 2. The minimum atomic E-state index is -1.79. The van der Waals surface area contributed by atoms with Crippen molar-refractivity contribution in [3.05, 3.63) is 83.1 Å². The fourth-order valence-corrected chi connectivity index (χ4v) is 6.36. The quantitative estimate of drug-likeness (QED) is 0.0757. The van der Waals surface area contributed by atoms with E-state index in [9.17, 15) is 55.5 Å². The normalized spacial score (nSPS) is 32.6. The van der Waals surface area contributed by atoms with Crippen molar-refractivity contribution >= 4 is 11.9 Å². The smallest absolute Gasteiger partial charge is 0.337 e. The van der Waals surface area contributed by atoms with Gasteiger partial charge in [0.25, 0.3) is 0 Å². The van der Waals surface area contributed by atoms with Gasteiger partial charge in [-0.3, -0.25) is 4.79 Å². The van der Waals surface area contributed by atoms with Gasteiger partial charge in [-0.05, 0) is 48.7 Å². The average molecular weight is 793 g/mol. The fourth-order valence-electron chi connectivity index (χ4n) is 6.36. The van der Waals surface area contributed by atoms with E-state index in [1.807, 2.05) is 0 Å². The monoisotopic (exact) mass is 792 g/mol. The molecule has 3 heterocycles. The molecule has 0 saturated carbocycles. The van der Waals surface area contributed by atoms with Gasteiger partial charge >= 0.3 is 11.9 Å². The Hall–Kier alpha value is -4.18. The number of carbonyl (C=O) groups is 2. The Labute approximate surface area is 321 Å². The summed E-state index contributed by atoms with van der Waals surface area (Å²) in [5, 5.41) is 91.3. The van der Waals surface area contributed by atoms with Crippen LogP contribution < -0.4 is 0 Å². The second-order valence-electron chi connectivity index (χ2n) is 13.5. The fraction of sp³-hybridized carbons (Fsp3) is 0.526. The summed E-state index contributed by atoms with van der Waals surface area (Å²) in [6, 6.07) is 12.6. The van der Waals surface area contributed by atoms with Crippen LogP contribution in [0.25, 0.3) is 0 Å². The lowest BCUT2D eigenvalue weighted by Gasteiger charge is -2.42. The average Bonchev–Trinajstić information content (AvgIpc) is 3.19. The third kappa shape index (κ3) is 10.6. The van der Waals surface area contributed by atoms with E-state index in [1.54, 1.807) is 31.2 Å². The number of ether oxygens (including phenoxy) is 7. The predicted molar refractivity (Wildman–Crippen MR) is 188 cm³/mol. The zero-order valence-electron chi connectivity index (χ0n) is 30.4. The SMILES string of the molecule is C/C=C1\[C@H](O[C@@H]2O[C@H](CO)[C@@H](O)[C@H](O)[C@H]2O)OC=C(C(=O)OCCc2ccc(O)cc2)[C@H]1CC(=O)OC[C@H]1O[C@@H](OCCc2ccc(O)cc2)[C@H](O)[C@@H](O)[C@@H]1O. The maximum absolute atomic E-state index is 13.4. The molecule has 56 heavy (non-hydrogen) atoms. The number of aliphatic hydroxyl groups excluding tert-OH is 7. The molecule has 0 amide bonds. The molecule has 12 atom stereocenters. The van der Waals surface area contributed by atoms with Crippen molar-refractivity contribution in [3.8, 4) is 11.5 Å². The van der Waals surface area contributed by atoms with E-state index in [-0.39, 0.29) is 42.3 Å². The maximum Gasteiger partial charge on any atom is 0.337 e. The highest BCUT2D eigenvalue weighted by molar-refractivity contribution is 5.91. The van der Waals surface area contributed by atoms with Crippen LogP contribution in [0.15, 0.2) is 72.0 Å². The van der Waals surface area contributed by atoms with Crippen molar-refractivity contribution in [1.29, 1.82) is 0 Å². The first kappa shape index (κ1) is 43.0. The Balaban J connectivity index is 1.26. The molecule has 0 radical (unpaired) electrons. The van der Waals surface area contributed by atoms with E-state index >= 15 is 0 Å². The zero-order chi connectivity index (χ0) is 40.5. The van der Waals surface area contributed by atoms with Gasteiger partial charge in [0, 0.05) is 17.9 Å². The molecule has 0 unspecified atom stereocenters. The van der Waals surface area contributed by atoms with E-state index in [0.717, 1.165) is 17.4 Å². The van der Waals surface area contributed by atoms with E-state index in [4.69, 9.17) is 33.2 Å². The van der Waals surface area contributed by atoms with Gasteiger partial charge in [-0.1, -0.05) is 30.3 Å². The van der Waals surface area contributed by atoms with Gasteiger partial charge in [0.1, 0.15) is 66.9 Å². The van der Waals surface area contributed by atoms with Crippen LogP contribution in [0.4, 0.5) is 0 Å². The van der Waals surface area contributed by atoms with Gasteiger partial charge in [0.15, 0.2) is 12.6 Å². The third-order valence-corrected chi connectivity index (χ3v) is 9.66. The topological polar surface area (TPSA) is 281 Å². The summed E-state index contributed by atoms with van der Waals surface area (Å²) in [6.45, 7) is 0.183. The lowest BCUT2D eigenvalue weighted by Crippen LogP contribution is -2.60. The number of benzene rings is 2. The molecule has 3 aliphatic rings. The van der Waals surface area contributed by atoms with Gasteiger partial charge in [-0.25, -0.2) is 4.79 Å². The second kappa shape index (κ2) is 19.8. The summed E-state index contributed by atoms with van der Waals surface area (Å²) >= 11 is 0. The molecule has 0 bridgehead atoms. The van der Waals surface area contributed by atoms with Crippen LogP contribution in [0.3, 0.4) is 0 Å². The molecule has 0 aliphatic carbocycles. The number of aromatic hydroxyl groups is 2. The van der Waals surface area contributed by atoms with E-state index < -0.39 is 105 Å². The summed E-state index contributed by atoms with van der Waals surface area (Å²) in [5.74, 6) is -2.74. The summed E-state index contributed by atoms with van der Waals surface area (Å²) < 4.78 is 39.2. The minimum absolute atomic E-state index is 0.0320. The Kier molecular flexibility index (Phi) is 15.2. The summed E-state index contributed by atoms with van der Waals surface area (Å²) in [4.78, 5) is 26.9. The molecule has 3 aliphatic heterocycles. The van der Waals surface area contributed by atoms with Crippen molar-refractivity contribution in [2.75, 3.05) is 26.4 Å². The van der Waals surface area contributed by atoms with E-state index in [2.05, 4.69) is 0 Å². The van der Waals surface area contributed by atoms with Crippen LogP contribution in [0, 0.1) is 5.92 Å². The Morgan fingerprint density at radius 2 is 1.27 bits per heavy atom. The molecule has 0 aromatic heterocycles. The van der Waals surface area contributed by atoms with Crippen LogP contribution in [0.5, 0.6) is 11.5 Å². The third-order valence-electron chi connectivity index (χ3n) is 9.66. The lowest BCUT2D eigenvalue weighted by molar-refractivity contribution is -0.327. The van der Waals surface area contributed by atoms with Crippen LogP contribution in [0.1, 0.15) is 24.5 Å². The van der Waals surface area contributed by atoms with Gasteiger partial charge < -0.3 is 79.1 Å². The number of allylic oxidation sites excluding steroid dienone is 1. The summed E-state index contributed by atoms with van der Waals surface area (Å²) in [5.41, 5.74) is 1.62. The molecule has 9 N–H and O–H groups in total. The van der Waals surface area contributed by atoms with Crippen molar-refractivity contribution < 1.29 is 88.7 Å². The second-order valence-corrected chi connectivity index (χ2v) is 13.5. The maximum atomic E-state index is 13.4. The first-order valence-corrected chi connectivity index (χ1v) is 18.0. The Morgan fingerprint density at radius 3 is 1.86 bits per heavy atom. The number of hydrogen-bond donors (Lipinski definition) is 9. The molecule has 0 spiro atoms. The highest BCUT2D eigenvalue weighted by Gasteiger charge is 2.48. The number of hydrogen-bond acceptors (Lipinski definition) is 18. The molecule has 18 heteroatoms. The van der Waals surface area contributed by atoms with Crippen molar-refractivity contribution in [2.45, 2.75) is 93.9 Å². The summed E-state index contributed by atoms with van der Waals surface area (Å²) in [6.07, 6.45) is -14.7. The Morgan fingerprint density at radius 1 is 0.714 bits per heavy atom. The van der Waals surface area contributed by atoms with Crippen molar-refractivity contribution in [2.24, 2.45) is 5.92 Å². The van der Waals surface area contributed by atoms with Crippen LogP contribution in [0.2, 0.25) is 0 Å². The standard InChI is InChI=1S/C38H48O18/c1-2-23-24(15-28(42)52-18-27-30(44)32(46)33(47)37(55-27)51-14-12-20-5-9-22(41)10-6-20)25(35(49)50-13-11-19-3-7-21(40)8-4-19)17-53-36(23)56-38-34(48)31(45)29(43)26(16-39)54-38/h2-10,17,24,26-27,29-34,36-41,43-48H,11-16,18H2,1H3/b23-2-/t24-,26+,27+,29+,30+,31-,32-,33+,34+,36-,37+,38-/m0/s1. The number of phenolic OH excluding ortho intramolecular Hbond substituents is 2. The van der Waals surface area contributed by atoms with Crippen LogP contribution in [-0.4, -0.2) is 152 Å². The largest absolute Gasteiger partial charge is 0.508 e.